The van der Waals surface area contributed by atoms with Crippen molar-refractivity contribution in [3.8, 4) is 5.75 Å². The molecule has 106 valence electrons. The lowest BCUT2D eigenvalue weighted by Crippen LogP contribution is -2.14. The summed E-state index contributed by atoms with van der Waals surface area (Å²) in [6.07, 6.45) is 1.53. The summed E-state index contributed by atoms with van der Waals surface area (Å²) in [5.74, 6) is 0.229. The van der Waals surface area contributed by atoms with Gasteiger partial charge in [0.2, 0.25) is 0 Å². The Morgan fingerprint density at radius 1 is 1.25 bits per heavy atom. The van der Waals surface area contributed by atoms with Gasteiger partial charge in [-0.2, -0.15) is 0 Å². The van der Waals surface area contributed by atoms with E-state index in [0.29, 0.717) is 16.4 Å². The minimum Gasteiger partial charge on any atom is -0.495 e. The van der Waals surface area contributed by atoms with E-state index >= 15 is 0 Å². The van der Waals surface area contributed by atoms with E-state index in [4.69, 9.17) is 16.3 Å². The predicted molar refractivity (Wildman–Crippen MR) is 77.8 cm³/mol. The third-order valence-corrected chi connectivity index (χ3v) is 4.20. The number of anilines is 1. The van der Waals surface area contributed by atoms with Crippen LogP contribution in [0, 0.1) is 6.92 Å². The summed E-state index contributed by atoms with van der Waals surface area (Å²) < 4.78 is 32.3. The molecule has 1 aromatic carbocycles. The first-order chi connectivity index (χ1) is 9.42. The molecule has 0 aliphatic rings. The molecule has 5 nitrogen and oxygen atoms in total. The van der Waals surface area contributed by atoms with Gasteiger partial charge in [-0.05, 0) is 37.3 Å². The first kappa shape index (κ1) is 14.6. The van der Waals surface area contributed by atoms with Crippen molar-refractivity contribution < 1.29 is 13.2 Å². The number of aromatic nitrogens is 1. The number of methoxy groups -OCH3 is 1. The van der Waals surface area contributed by atoms with Crippen LogP contribution in [0.5, 0.6) is 5.75 Å². The molecular formula is C13H13ClN2O3S. The average Bonchev–Trinajstić information content (AvgIpc) is 2.38. The molecule has 7 heteroatoms. The van der Waals surface area contributed by atoms with Crippen molar-refractivity contribution in [1.29, 1.82) is 0 Å². The van der Waals surface area contributed by atoms with Crippen LogP contribution in [-0.4, -0.2) is 20.5 Å². The van der Waals surface area contributed by atoms with Crippen molar-refractivity contribution in [2.24, 2.45) is 0 Å². The highest BCUT2D eigenvalue weighted by molar-refractivity contribution is 7.92. The summed E-state index contributed by atoms with van der Waals surface area (Å²) >= 11 is 5.85. The topological polar surface area (TPSA) is 68.3 Å². The van der Waals surface area contributed by atoms with Crippen LogP contribution in [0.2, 0.25) is 5.02 Å². The van der Waals surface area contributed by atoms with Gasteiger partial charge >= 0.3 is 0 Å². The SMILES string of the molecule is COc1ccc(Cl)cc1S(=O)(=O)Nc1ccnc(C)c1. The molecule has 0 saturated heterocycles. The van der Waals surface area contributed by atoms with Gasteiger partial charge in [0.25, 0.3) is 10.0 Å². The second-order valence-electron chi connectivity index (χ2n) is 4.09. The number of ether oxygens (including phenoxy) is 1. The summed E-state index contributed by atoms with van der Waals surface area (Å²) in [4.78, 5) is 4.00. The van der Waals surface area contributed by atoms with E-state index in [2.05, 4.69) is 9.71 Å². The van der Waals surface area contributed by atoms with Crippen LogP contribution >= 0.6 is 11.6 Å². The maximum Gasteiger partial charge on any atom is 0.265 e. The first-order valence-electron chi connectivity index (χ1n) is 5.71. The molecule has 0 atom stereocenters. The zero-order valence-electron chi connectivity index (χ0n) is 10.9. The van der Waals surface area contributed by atoms with Crippen molar-refractivity contribution in [2.75, 3.05) is 11.8 Å². The highest BCUT2D eigenvalue weighted by Gasteiger charge is 2.20. The van der Waals surface area contributed by atoms with Crippen molar-refractivity contribution in [3.05, 3.63) is 47.2 Å². The van der Waals surface area contributed by atoms with E-state index in [-0.39, 0.29) is 10.6 Å². The number of benzene rings is 1. The van der Waals surface area contributed by atoms with Crippen molar-refractivity contribution in [2.45, 2.75) is 11.8 Å². The molecule has 0 spiro atoms. The largest absolute Gasteiger partial charge is 0.495 e. The fourth-order valence-electron chi connectivity index (χ4n) is 1.68. The van der Waals surface area contributed by atoms with Gasteiger partial charge in [0.1, 0.15) is 10.6 Å². The molecule has 1 heterocycles. The molecule has 0 radical (unpaired) electrons. The van der Waals surface area contributed by atoms with Crippen molar-refractivity contribution >= 4 is 27.3 Å². The zero-order chi connectivity index (χ0) is 14.8. The van der Waals surface area contributed by atoms with Gasteiger partial charge in [-0.1, -0.05) is 11.6 Å². The Morgan fingerprint density at radius 2 is 2.00 bits per heavy atom. The average molecular weight is 313 g/mol. The maximum absolute atomic E-state index is 12.4. The van der Waals surface area contributed by atoms with E-state index in [9.17, 15) is 8.42 Å². The zero-order valence-corrected chi connectivity index (χ0v) is 12.5. The van der Waals surface area contributed by atoms with Crippen molar-refractivity contribution in [3.63, 3.8) is 0 Å². The molecular weight excluding hydrogens is 300 g/mol. The van der Waals surface area contributed by atoms with E-state index in [1.165, 1.54) is 25.4 Å². The molecule has 2 rings (SSSR count). The van der Waals surface area contributed by atoms with Crippen LogP contribution in [0.15, 0.2) is 41.4 Å². The number of rotatable bonds is 4. The Morgan fingerprint density at radius 3 is 2.65 bits per heavy atom. The van der Waals surface area contributed by atoms with Crippen molar-refractivity contribution in [1.82, 2.24) is 4.98 Å². The van der Waals surface area contributed by atoms with Crippen LogP contribution in [0.3, 0.4) is 0 Å². The number of aryl methyl sites for hydroxylation is 1. The van der Waals surface area contributed by atoms with E-state index in [1.54, 1.807) is 25.1 Å². The number of nitrogens with one attached hydrogen (secondary N) is 1. The Hall–Kier alpha value is -1.79. The molecule has 0 amide bonds. The molecule has 0 saturated carbocycles. The van der Waals surface area contributed by atoms with E-state index in [1.807, 2.05) is 0 Å². The molecule has 0 aliphatic heterocycles. The number of pyridine rings is 1. The molecule has 0 bridgehead atoms. The van der Waals surface area contributed by atoms with E-state index in [0.717, 1.165) is 0 Å². The molecule has 1 aromatic heterocycles. The highest BCUT2D eigenvalue weighted by atomic mass is 35.5. The summed E-state index contributed by atoms with van der Waals surface area (Å²) in [7, 11) is -2.38. The molecule has 20 heavy (non-hydrogen) atoms. The van der Waals surface area contributed by atoms with Gasteiger partial charge in [0.05, 0.1) is 12.8 Å². The summed E-state index contributed by atoms with van der Waals surface area (Å²) in [6.45, 7) is 1.78. The van der Waals surface area contributed by atoms with Gasteiger partial charge in [0.15, 0.2) is 0 Å². The molecule has 0 unspecified atom stereocenters. The first-order valence-corrected chi connectivity index (χ1v) is 7.57. The van der Waals surface area contributed by atoms with Crippen LogP contribution in [0.1, 0.15) is 5.69 Å². The fraction of sp³-hybridized carbons (Fsp3) is 0.154. The second-order valence-corrected chi connectivity index (χ2v) is 6.17. The smallest absolute Gasteiger partial charge is 0.265 e. The number of nitrogens with zero attached hydrogens (tertiary/aromatic N) is 1. The quantitative estimate of drug-likeness (QED) is 0.942. The number of sulfonamides is 1. The molecule has 0 aliphatic carbocycles. The number of hydrogen-bond acceptors (Lipinski definition) is 4. The summed E-state index contributed by atoms with van der Waals surface area (Å²) in [5.41, 5.74) is 1.14. The van der Waals surface area contributed by atoms with Crippen LogP contribution in [-0.2, 0) is 10.0 Å². The van der Waals surface area contributed by atoms with Crippen LogP contribution < -0.4 is 9.46 Å². The molecule has 2 aromatic rings. The predicted octanol–water partition coefficient (Wildman–Crippen LogP) is 2.85. The lowest BCUT2D eigenvalue weighted by molar-refractivity contribution is 0.403. The van der Waals surface area contributed by atoms with Gasteiger partial charge in [-0.25, -0.2) is 8.42 Å². The second kappa shape index (κ2) is 5.68. The maximum atomic E-state index is 12.4. The van der Waals surface area contributed by atoms with Gasteiger partial charge in [-0.3, -0.25) is 9.71 Å². The Bertz CT molecular complexity index is 732. The lowest BCUT2D eigenvalue weighted by atomic mass is 10.3. The van der Waals surface area contributed by atoms with Crippen LogP contribution in [0.25, 0.3) is 0 Å². The highest BCUT2D eigenvalue weighted by Crippen LogP contribution is 2.28. The fourth-order valence-corrected chi connectivity index (χ4v) is 3.16. The monoisotopic (exact) mass is 312 g/mol. The number of hydrogen-bond donors (Lipinski definition) is 1. The molecule has 0 fully saturated rings. The van der Waals surface area contributed by atoms with Gasteiger partial charge < -0.3 is 4.74 Å². The lowest BCUT2D eigenvalue weighted by Gasteiger charge is -2.12. The number of halogens is 1. The Labute approximate surface area is 122 Å². The molecule has 1 N–H and O–H groups in total. The van der Waals surface area contributed by atoms with Gasteiger partial charge in [-0.15, -0.1) is 0 Å². The Kier molecular flexibility index (Phi) is 4.15. The third-order valence-electron chi connectivity index (χ3n) is 2.56. The standard InChI is InChI=1S/C13H13ClN2O3S/c1-9-7-11(5-6-15-9)16-20(17,18)13-8-10(14)3-4-12(13)19-2/h3-8H,1-2H3,(H,15,16). The summed E-state index contributed by atoms with van der Waals surface area (Å²) in [6, 6.07) is 7.62. The third kappa shape index (κ3) is 3.20. The van der Waals surface area contributed by atoms with Crippen LogP contribution in [0.4, 0.5) is 5.69 Å². The minimum atomic E-state index is -3.78. The normalized spacial score (nSPS) is 11.2. The van der Waals surface area contributed by atoms with E-state index < -0.39 is 10.0 Å². The minimum absolute atomic E-state index is 0.0121. The van der Waals surface area contributed by atoms with Gasteiger partial charge in [0, 0.05) is 16.9 Å². The summed E-state index contributed by atoms with van der Waals surface area (Å²) in [5, 5.41) is 0.317. The Balaban J connectivity index is 2.43.